The number of rotatable bonds is 7. The van der Waals surface area contributed by atoms with Crippen LogP contribution in [0.2, 0.25) is 5.04 Å². The average Bonchev–Trinajstić information content (AvgIpc) is 2.84. The van der Waals surface area contributed by atoms with Crippen LogP contribution in [0.5, 0.6) is 0 Å². The molecule has 0 bridgehead atoms. The molecule has 0 saturated heterocycles. The molecule has 2 aromatic carbocycles. The highest BCUT2D eigenvalue weighted by molar-refractivity contribution is 6.99. The van der Waals surface area contributed by atoms with Crippen LogP contribution < -0.4 is 15.7 Å². The molecule has 0 aliphatic heterocycles. The van der Waals surface area contributed by atoms with E-state index in [9.17, 15) is 20.0 Å². The van der Waals surface area contributed by atoms with Crippen LogP contribution >= 0.6 is 0 Å². The molecule has 190 valence electrons. The number of aliphatic hydroxyl groups excluding tert-OH is 1. The minimum atomic E-state index is -3.04. The van der Waals surface area contributed by atoms with Crippen molar-refractivity contribution in [2.24, 2.45) is 5.92 Å². The number of methoxy groups -OCH3 is 1. The van der Waals surface area contributed by atoms with Crippen LogP contribution in [0.3, 0.4) is 0 Å². The summed E-state index contributed by atoms with van der Waals surface area (Å²) in [7, 11) is -1.80. The zero-order valence-corrected chi connectivity index (χ0v) is 22.4. The van der Waals surface area contributed by atoms with Crippen LogP contribution in [-0.4, -0.2) is 50.2 Å². The van der Waals surface area contributed by atoms with E-state index in [0.29, 0.717) is 0 Å². The summed E-state index contributed by atoms with van der Waals surface area (Å²) >= 11 is 0. The number of benzene rings is 2. The molecule has 3 rings (SSSR count). The van der Waals surface area contributed by atoms with Gasteiger partial charge < -0.3 is 19.6 Å². The summed E-state index contributed by atoms with van der Waals surface area (Å²) in [5, 5.41) is 26.1. The predicted octanol–water partition coefficient (Wildman–Crippen LogP) is 2.44. The maximum Gasteiger partial charge on any atom is 0.308 e. The standard InChI is InChI=1S/C28H34N2O5Si/c1-20(31)30-28(18-25(32)34-5)17-16-24(26(33)23(28)19-29)35-36(27(2,3)4,21-12-8-6-9-13-21)22-14-10-7-11-15-22/h6-17,23-24,26,33H,18H2,1-5H3,(H,30,31)/t23-,24+,26+,28+/m0/s1. The molecule has 0 radical (unpaired) electrons. The summed E-state index contributed by atoms with van der Waals surface area (Å²) in [6.07, 6.45) is 0.824. The van der Waals surface area contributed by atoms with Crippen LogP contribution in [0.15, 0.2) is 72.8 Å². The average molecular weight is 507 g/mol. The lowest BCUT2D eigenvalue weighted by atomic mass is 9.73. The molecule has 0 spiro atoms. The first kappa shape index (κ1) is 27.3. The molecule has 2 aromatic rings. The van der Waals surface area contributed by atoms with E-state index in [1.807, 2.05) is 60.7 Å². The molecular formula is C28H34N2O5Si. The lowest BCUT2D eigenvalue weighted by Gasteiger charge is -2.48. The number of amides is 1. The molecule has 8 heteroatoms. The Morgan fingerprint density at radius 2 is 1.61 bits per heavy atom. The van der Waals surface area contributed by atoms with E-state index in [2.05, 4.69) is 32.2 Å². The Bertz CT molecular complexity index is 1100. The van der Waals surface area contributed by atoms with Gasteiger partial charge in [0.05, 0.1) is 31.2 Å². The lowest BCUT2D eigenvalue weighted by molar-refractivity contribution is -0.143. The van der Waals surface area contributed by atoms with E-state index >= 15 is 0 Å². The van der Waals surface area contributed by atoms with Gasteiger partial charge in [-0.15, -0.1) is 0 Å². The lowest BCUT2D eigenvalue weighted by Crippen LogP contribution is -2.69. The van der Waals surface area contributed by atoms with Crippen molar-refractivity contribution in [3.05, 3.63) is 72.8 Å². The quantitative estimate of drug-likeness (QED) is 0.339. The van der Waals surface area contributed by atoms with Gasteiger partial charge in [-0.25, -0.2) is 0 Å². The first-order valence-electron chi connectivity index (χ1n) is 11.9. The zero-order chi connectivity index (χ0) is 26.6. The summed E-state index contributed by atoms with van der Waals surface area (Å²) in [5.74, 6) is -2.18. The minimum absolute atomic E-state index is 0.291. The van der Waals surface area contributed by atoms with Gasteiger partial charge in [-0.1, -0.05) is 93.6 Å². The molecule has 36 heavy (non-hydrogen) atoms. The van der Waals surface area contributed by atoms with E-state index < -0.39 is 43.9 Å². The number of ether oxygens (including phenoxy) is 1. The Morgan fingerprint density at radius 1 is 1.08 bits per heavy atom. The summed E-state index contributed by atoms with van der Waals surface area (Å²) in [6.45, 7) is 7.68. The molecule has 7 nitrogen and oxygen atoms in total. The molecule has 0 aromatic heterocycles. The van der Waals surface area contributed by atoms with Crippen molar-refractivity contribution in [1.29, 1.82) is 5.26 Å². The van der Waals surface area contributed by atoms with E-state index in [0.717, 1.165) is 10.4 Å². The maximum absolute atomic E-state index is 12.2. The van der Waals surface area contributed by atoms with Crippen molar-refractivity contribution in [3.8, 4) is 6.07 Å². The zero-order valence-electron chi connectivity index (χ0n) is 21.4. The highest BCUT2D eigenvalue weighted by Crippen LogP contribution is 2.41. The molecule has 0 unspecified atom stereocenters. The van der Waals surface area contributed by atoms with E-state index in [1.54, 1.807) is 12.2 Å². The normalized spacial score (nSPS) is 24.0. The Labute approximate surface area is 213 Å². The van der Waals surface area contributed by atoms with E-state index in [-0.39, 0.29) is 11.5 Å². The van der Waals surface area contributed by atoms with Gasteiger partial charge in [0, 0.05) is 6.92 Å². The summed E-state index contributed by atoms with van der Waals surface area (Å²) in [5.41, 5.74) is -1.42. The first-order valence-corrected chi connectivity index (χ1v) is 13.8. The van der Waals surface area contributed by atoms with Gasteiger partial charge >= 0.3 is 5.97 Å². The van der Waals surface area contributed by atoms with Crippen LogP contribution in [0.4, 0.5) is 0 Å². The van der Waals surface area contributed by atoms with Crippen molar-refractivity contribution >= 4 is 30.6 Å². The van der Waals surface area contributed by atoms with E-state index in [4.69, 9.17) is 9.16 Å². The fourth-order valence-electron chi connectivity index (χ4n) is 5.15. The topological polar surface area (TPSA) is 109 Å². The number of hydrogen-bond acceptors (Lipinski definition) is 6. The fraction of sp³-hybridized carbons (Fsp3) is 0.393. The largest absolute Gasteiger partial charge is 0.469 e. The van der Waals surface area contributed by atoms with E-state index in [1.165, 1.54) is 14.0 Å². The van der Waals surface area contributed by atoms with Crippen LogP contribution in [0.1, 0.15) is 34.1 Å². The van der Waals surface area contributed by atoms with Gasteiger partial charge in [-0.2, -0.15) is 5.26 Å². The second-order valence-corrected chi connectivity index (χ2v) is 14.4. The number of nitriles is 1. The number of nitrogens with one attached hydrogen (secondary N) is 1. The minimum Gasteiger partial charge on any atom is -0.469 e. The predicted molar refractivity (Wildman–Crippen MR) is 140 cm³/mol. The maximum atomic E-state index is 12.2. The Balaban J connectivity index is 2.17. The van der Waals surface area contributed by atoms with Gasteiger partial charge in [-0.3, -0.25) is 9.59 Å². The van der Waals surface area contributed by atoms with Gasteiger partial charge in [0.15, 0.2) is 0 Å². The van der Waals surface area contributed by atoms with Gasteiger partial charge in [0.2, 0.25) is 5.91 Å². The number of esters is 1. The summed E-state index contributed by atoms with van der Waals surface area (Å²) in [4.78, 5) is 24.3. The molecule has 0 saturated carbocycles. The second-order valence-electron chi connectivity index (χ2n) is 10.2. The number of carbonyl (C=O) groups excluding carboxylic acids is 2. The summed E-state index contributed by atoms with van der Waals surface area (Å²) in [6, 6.07) is 22.1. The molecule has 1 amide bonds. The second kappa shape index (κ2) is 10.8. The van der Waals surface area contributed by atoms with Crippen LogP contribution in [0.25, 0.3) is 0 Å². The van der Waals surface area contributed by atoms with Crippen molar-refractivity contribution in [2.45, 2.75) is 56.9 Å². The Morgan fingerprint density at radius 3 is 2.03 bits per heavy atom. The Hall–Kier alpha value is -3.25. The van der Waals surface area contributed by atoms with Gasteiger partial charge in [0.25, 0.3) is 8.32 Å². The highest BCUT2D eigenvalue weighted by Gasteiger charge is 2.55. The molecule has 1 aliphatic carbocycles. The van der Waals surface area contributed by atoms with Crippen LogP contribution in [-0.2, 0) is 18.8 Å². The van der Waals surface area contributed by atoms with Crippen molar-refractivity contribution < 1.29 is 23.9 Å². The SMILES string of the molecule is COC(=O)C[C@]1(NC(C)=O)C=C[C@@H](O[Si](c2ccccc2)(c2ccccc2)C(C)(C)C)[C@H](O)[C@@H]1C#N. The number of aliphatic hydroxyl groups is 1. The molecule has 4 atom stereocenters. The van der Waals surface area contributed by atoms with Crippen molar-refractivity contribution in [2.75, 3.05) is 7.11 Å². The molecule has 2 N–H and O–H groups in total. The Kier molecular flexibility index (Phi) is 8.19. The fourth-order valence-corrected chi connectivity index (χ4v) is 9.79. The monoisotopic (exact) mass is 506 g/mol. The third-order valence-corrected chi connectivity index (χ3v) is 11.8. The van der Waals surface area contributed by atoms with Crippen LogP contribution in [0, 0.1) is 17.2 Å². The molecular weight excluding hydrogens is 472 g/mol. The van der Waals surface area contributed by atoms with Crippen molar-refractivity contribution in [1.82, 2.24) is 5.32 Å². The summed E-state index contributed by atoms with van der Waals surface area (Å²) < 4.78 is 11.8. The van der Waals surface area contributed by atoms with Gasteiger partial charge in [-0.05, 0) is 15.4 Å². The molecule has 0 fully saturated rings. The van der Waals surface area contributed by atoms with Crippen molar-refractivity contribution in [3.63, 3.8) is 0 Å². The van der Waals surface area contributed by atoms with Gasteiger partial charge in [0.1, 0.15) is 12.0 Å². The number of hydrogen-bond donors (Lipinski definition) is 2. The number of carbonyl (C=O) groups is 2. The molecule has 0 heterocycles. The highest BCUT2D eigenvalue weighted by atomic mass is 28.4. The third kappa shape index (κ3) is 5.14. The smallest absolute Gasteiger partial charge is 0.308 e. The number of nitrogens with zero attached hydrogens (tertiary/aromatic N) is 1. The molecule has 1 aliphatic rings. The third-order valence-electron chi connectivity index (χ3n) is 6.76. The first-order chi connectivity index (χ1) is 17.0.